The zero-order chi connectivity index (χ0) is 25.3. The van der Waals surface area contributed by atoms with Gasteiger partial charge in [0.25, 0.3) is 0 Å². The van der Waals surface area contributed by atoms with E-state index >= 15 is 0 Å². The molecule has 0 saturated carbocycles. The topological polar surface area (TPSA) is 78.5 Å². The number of benzene rings is 2. The van der Waals surface area contributed by atoms with Gasteiger partial charge < -0.3 is 10.6 Å². The number of anilines is 3. The Morgan fingerprint density at radius 3 is 2.26 bits per heavy atom. The summed E-state index contributed by atoms with van der Waals surface area (Å²) in [5, 5.41) is 6.25. The van der Waals surface area contributed by atoms with E-state index in [-0.39, 0.29) is 29.1 Å². The minimum Gasteiger partial charge on any atom is -0.356 e. The molecule has 2 aromatic carbocycles. The van der Waals surface area contributed by atoms with E-state index in [1.807, 2.05) is 54.6 Å². The molecule has 2 aromatic rings. The number of likely N-dealkylation sites (tertiary alicyclic amines) is 1. The van der Waals surface area contributed by atoms with Gasteiger partial charge in [0.1, 0.15) is 0 Å². The van der Waals surface area contributed by atoms with Crippen LogP contribution >= 0.6 is 0 Å². The molecule has 6 heteroatoms. The number of hydrogen-bond donors (Lipinski definition) is 2. The van der Waals surface area contributed by atoms with Gasteiger partial charge >= 0.3 is 0 Å². The first-order valence-corrected chi connectivity index (χ1v) is 12.9. The number of nitrogens with zero attached hydrogens (tertiary/aromatic N) is 1. The summed E-state index contributed by atoms with van der Waals surface area (Å²) in [4.78, 5) is 39.1. The third kappa shape index (κ3) is 7.67. The largest absolute Gasteiger partial charge is 0.356 e. The van der Waals surface area contributed by atoms with Gasteiger partial charge in [-0.15, -0.1) is 0 Å². The van der Waals surface area contributed by atoms with E-state index in [1.165, 1.54) is 4.90 Å². The molecule has 1 fully saturated rings. The molecule has 2 N–H and O–H groups in total. The SMILES string of the molecule is CCCCC(C)(C)C1CC(=O)N(CCCCCC(=O)Nc2ccc(Nc3ccccc3)cc2)C1=O. The molecule has 1 aliphatic rings. The van der Waals surface area contributed by atoms with Crippen molar-refractivity contribution in [2.45, 2.75) is 72.1 Å². The summed E-state index contributed by atoms with van der Waals surface area (Å²) < 4.78 is 0. The third-order valence-corrected chi connectivity index (χ3v) is 6.88. The van der Waals surface area contributed by atoms with Crippen molar-refractivity contribution in [1.29, 1.82) is 0 Å². The van der Waals surface area contributed by atoms with Crippen LogP contribution in [0.25, 0.3) is 0 Å². The number of carbonyl (C=O) groups is 3. The zero-order valence-corrected chi connectivity index (χ0v) is 21.3. The number of unbranched alkanes of at least 4 members (excludes halogenated alkanes) is 3. The summed E-state index contributed by atoms with van der Waals surface area (Å²) in [6.07, 6.45) is 6.12. The zero-order valence-electron chi connectivity index (χ0n) is 21.3. The van der Waals surface area contributed by atoms with E-state index in [9.17, 15) is 14.4 Å². The second-order valence-corrected chi connectivity index (χ2v) is 10.2. The van der Waals surface area contributed by atoms with Crippen LogP contribution in [0.2, 0.25) is 0 Å². The van der Waals surface area contributed by atoms with Crippen LogP contribution in [-0.2, 0) is 14.4 Å². The monoisotopic (exact) mass is 477 g/mol. The Hall–Kier alpha value is -3.15. The lowest BCUT2D eigenvalue weighted by Gasteiger charge is -2.30. The number of imide groups is 1. The molecule has 0 aliphatic carbocycles. The number of nitrogens with one attached hydrogen (secondary N) is 2. The van der Waals surface area contributed by atoms with Crippen molar-refractivity contribution >= 4 is 34.8 Å². The predicted octanol–water partition coefficient (Wildman–Crippen LogP) is 6.52. The highest BCUT2D eigenvalue weighted by molar-refractivity contribution is 6.03. The molecule has 1 aliphatic heterocycles. The van der Waals surface area contributed by atoms with E-state index < -0.39 is 0 Å². The quantitative estimate of drug-likeness (QED) is 0.254. The predicted molar refractivity (Wildman–Crippen MR) is 141 cm³/mol. The van der Waals surface area contributed by atoms with Crippen molar-refractivity contribution in [3.8, 4) is 0 Å². The highest BCUT2D eigenvalue weighted by Gasteiger charge is 2.45. The number of para-hydroxylation sites is 1. The molecule has 1 unspecified atom stereocenters. The molecular weight excluding hydrogens is 438 g/mol. The molecule has 1 atom stereocenters. The van der Waals surface area contributed by atoms with Gasteiger partial charge in [0.2, 0.25) is 17.7 Å². The molecule has 0 spiro atoms. The highest BCUT2D eigenvalue weighted by Crippen LogP contribution is 2.39. The maximum absolute atomic E-state index is 12.9. The van der Waals surface area contributed by atoms with Crippen LogP contribution in [0.1, 0.15) is 72.1 Å². The summed E-state index contributed by atoms with van der Waals surface area (Å²) in [5.41, 5.74) is 2.58. The summed E-state index contributed by atoms with van der Waals surface area (Å²) in [7, 11) is 0. The van der Waals surface area contributed by atoms with Gasteiger partial charge in [-0.25, -0.2) is 0 Å². The van der Waals surface area contributed by atoms with Gasteiger partial charge in [-0.05, 0) is 61.1 Å². The van der Waals surface area contributed by atoms with Gasteiger partial charge in [-0.2, -0.15) is 0 Å². The van der Waals surface area contributed by atoms with Crippen LogP contribution in [0.15, 0.2) is 54.6 Å². The van der Waals surface area contributed by atoms with Gasteiger partial charge in [0.05, 0.1) is 5.92 Å². The Balaban J connectivity index is 1.35. The summed E-state index contributed by atoms with van der Waals surface area (Å²) in [6, 6.07) is 17.6. The van der Waals surface area contributed by atoms with Gasteiger partial charge in [-0.1, -0.05) is 58.2 Å². The fraction of sp³-hybridized carbons (Fsp3) is 0.483. The normalized spacial score (nSPS) is 16.0. The number of rotatable bonds is 13. The Kier molecular flexibility index (Phi) is 9.47. The first-order valence-electron chi connectivity index (χ1n) is 12.9. The minimum absolute atomic E-state index is 0.0148. The summed E-state index contributed by atoms with van der Waals surface area (Å²) in [5.74, 6) is -0.298. The van der Waals surface area contributed by atoms with E-state index in [4.69, 9.17) is 0 Å². The van der Waals surface area contributed by atoms with E-state index in [2.05, 4.69) is 31.4 Å². The minimum atomic E-state index is -0.207. The maximum Gasteiger partial charge on any atom is 0.233 e. The fourth-order valence-electron chi connectivity index (χ4n) is 4.62. The van der Waals surface area contributed by atoms with E-state index in [1.54, 1.807) is 0 Å². The fourth-order valence-corrected chi connectivity index (χ4v) is 4.62. The second kappa shape index (κ2) is 12.5. The van der Waals surface area contributed by atoms with Crippen molar-refractivity contribution in [3.05, 3.63) is 54.6 Å². The molecular formula is C29H39N3O3. The maximum atomic E-state index is 12.9. The van der Waals surface area contributed by atoms with Gasteiger partial charge in [-0.3, -0.25) is 19.3 Å². The standard InChI is InChI=1S/C29H39N3O3/c1-4-5-19-29(2,3)25-21-27(34)32(28(25)35)20-11-7-10-14-26(33)31-24-17-15-23(16-18-24)30-22-12-8-6-9-13-22/h6,8-9,12-13,15-18,25,30H,4-5,7,10-11,14,19-21H2,1-3H3,(H,31,33). The summed E-state index contributed by atoms with van der Waals surface area (Å²) in [6.45, 7) is 6.81. The van der Waals surface area contributed by atoms with Gasteiger partial charge in [0.15, 0.2) is 0 Å². The van der Waals surface area contributed by atoms with Gasteiger partial charge in [0, 0.05) is 36.4 Å². The molecule has 6 nitrogen and oxygen atoms in total. The van der Waals surface area contributed by atoms with E-state index in [0.29, 0.717) is 19.4 Å². The molecule has 3 amide bonds. The lowest BCUT2D eigenvalue weighted by molar-refractivity contribution is -0.140. The lowest BCUT2D eigenvalue weighted by Crippen LogP contribution is -2.35. The number of amides is 3. The van der Waals surface area contributed by atoms with Crippen molar-refractivity contribution in [2.24, 2.45) is 11.3 Å². The average Bonchev–Trinajstić information content (AvgIpc) is 3.13. The number of hydrogen-bond acceptors (Lipinski definition) is 4. The Bertz CT molecular complexity index is 986. The highest BCUT2D eigenvalue weighted by atomic mass is 16.2. The Labute approximate surface area is 209 Å². The lowest BCUT2D eigenvalue weighted by atomic mass is 9.74. The molecule has 35 heavy (non-hydrogen) atoms. The van der Waals surface area contributed by atoms with Crippen LogP contribution in [0.5, 0.6) is 0 Å². The number of carbonyl (C=O) groups excluding carboxylic acids is 3. The second-order valence-electron chi connectivity index (χ2n) is 10.2. The molecule has 0 bridgehead atoms. The van der Waals surface area contributed by atoms with Crippen LogP contribution in [0.4, 0.5) is 17.1 Å². The van der Waals surface area contributed by atoms with Crippen LogP contribution in [0, 0.1) is 11.3 Å². The molecule has 188 valence electrons. The first kappa shape index (κ1) is 26.5. The van der Waals surface area contributed by atoms with E-state index in [0.717, 1.165) is 55.6 Å². The molecule has 3 rings (SSSR count). The van der Waals surface area contributed by atoms with Crippen molar-refractivity contribution in [3.63, 3.8) is 0 Å². The third-order valence-electron chi connectivity index (χ3n) is 6.88. The first-order chi connectivity index (χ1) is 16.8. The van der Waals surface area contributed by atoms with Crippen LogP contribution in [0.3, 0.4) is 0 Å². The molecule has 1 heterocycles. The molecule has 1 saturated heterocycles. The Morgan fingerprint density at radius 1 is 0.914 bits per heavy atom. The molecule has 0 aromatic heterocycles. The van der Waals surface area contributed by atoms with Crippen molar-refractivity contribution < 1.29 is 14.4 Å². The molecule has 0 radical (unpaired) electrons. The summed E-state index contributed by atoms with van der Waals surface area (Å²) >= 11 is 0. The van der Waals surface area contributed by atoms with Crippen molar-refractivity contribution in [1.82, 2.24) is 4.90 Å². The van der Waals surface area contributed by atoms with Crippen LogP contribution in [-0.4, -0.2) is 29.2 Å². The average molecular weight is 478 g/mol. The smallest absolute Gasteiger partial charge is 0.233 e. The van der Waals surface area contributed by atoms with Crippen molar-refractivity contribution in [2.75, 3.05) is 17.2 Å². The van der Waals surface area contributed by atoms with Crippen LogP contribution < -0.4 is 10.6 Å². The Morgan fingerprint density at radius 2 is 1.57 bits per heavy atom.